The van der Waals surface area contributed by atoms with E-state index in [1.54, 1.807) is 13.0 Å². The lowest BCUT2D eigenvalue weighted by Gasteiger charge is -2.21. The van der Waals surface area contributed by atoms with Crippen LogP contribution in [0.1, 0.15) is 43.4 Å². The zero-order chi connectivity index (χ0) is 14.7. The molecule has 0 heterocycles. The van der Waals surface area contributed by atoms with Crippen molar-refractivity contribution in [1.82, 2.24) is 5.32 Å². The highest BCUT2D eigenvalue weighted by Crippen LogP contribution is 2.28. The van der Waals surface area contributed by atoms with Crippen molar-refractivity contribution in [2.45, 2.75) is 45.3 Å². The second-order valence-corrected chi connectivity index (χ2v) is 5.64. The second kappa shape index (κ2) is 6.33. The summed E-state index contributed by atoms with van der Waals surface area (Å²) in [6, 6.07) is 5.23. The minimum Gasteiger partial charge on any atom is -0.393 e. The Kier molecular flexibility index (Phi) is 4.73. The molecule has 0 unspecified atom stereocenters. The van der Waals surface area contributed by atoms with E-state index in [2.05, 4.69) is 5.32 Å². The van der Waals surface area contributed by atoms with Crippen molar-refractivity contribution in [1.29, 1.82) is 0 Å². The Hall–Kier alpha value is -1.46. The molecule has 1 aromatic rings. The maximum Gasteiger partial charge on any atom is 0.272 e. The zero-order valence-corrected chi connectivity index (χ0v) is 12.0. The standard InChI is InChI=1S/C15H22N2O3/c1-10-13(6-4-7-14(10)17(19)20)11(2)16-9-12-5-3-8-15(12)18/h4,6-7,11-12,15-16,18H,3,5,8-9H2,1-2H3/t11-,12+,15-/m0/s1. The summed E-state index contributed by atoms with van der Waals surface area (Å²) >= 11 is 0. The van der Waals surface area contributed by atoms with E-state index in [9.17, 15) is 15.2 Å². The topological polar surface area (TPSA) is 75.4 Å². The van der Waals surface area contributed by atoms with E-state index in [1.807, 2.05) is 13.0 Å². The summed E-state index contributed by atoms with van der Waals surface area (Å²) < 4.78 is 0. The van der Waals surface area contributed by atoms with Crippen LogP contribution in [0.3, 0.4) is 0 Å². The van der Waals surface area contributed by atoms with E-state index < -0.39 is 0 Å². The Morgan fingerprint density at radius 2 is 2.25 bits per heavy atom. The molecule has 0 aliphatic heterocycles. The molecular formula is C15H22N2O3. The Morgan fingerprint density at radius 1 is 1.50 bits per heavy atom. The molecule has 0 amide bonds. The Balaban J connectivity index is 2.03. The van der Waals surface area contributed by atoms with E-state index in [0.717, 1.165) is 31.4 Å². The number of rotatable bonds is 5. The molecule has 1 fully saturated rings. The van der Waals surface area contributed by atoms with Crippen LogP contribution in [0.4, 0.5) is 5.69 Å². The van der Waals surface area contributed by atoms with Crippen molar-refractivity contribution >= 4 is 5.69 Å². The predicted molar refractivity (Wildman–Crippen MR) is 77.6 cm³/mol. The molecule has 20 heavy (non-hydrogen) atoms. The minimum absolute atomic E-state index is 0.0442. The lowest BCUT2D eigenvalue weighted by molar-refractivity contribution is -0.385. The van der Waals surface area contributed by atoms with Crippen LogP contribution in [0.25, 0.3) is 0 Å². The molecular weight excluding hydrogens is 256 g/mol. The van der Waals surface area contributed by atoms with E-state index in [-0.39, 0.29) is 22.8 Å². The summed E-state index contributed by atoms with van der Waals surface area (Å²) in [5.74, 6) is 0.302. The molecule has 1 aliphatic rings. The third-order valence-corrected chi connectivity index (χ3v) is 4.32. The fourth-order valence-electron chi connectivity index (χ4n) is 3.00. The van der Waals surface area contributed by atoms with Gasteiger partial charge in [0.1, 0.15) is 0 Å². The average Bonchev–Trinajstić information content (AvgIpc) is 2.81. The van der Waals surface area contributed by atoms with Crippen molar-refractivity contribution in [2.24, 2.45) is 5.92 Å². The van der Waals surface area contributed by atoms with Crippen molar-refractivity contribution in [2.75, 3.05) is 6.54 Å². The molecule has 0 radical (unpaired) electrons. The first-order chi connectivity index (χ1) is 9.50. The van der Waals surface area contributed by atoms with Crippen LogP contribution in [0, 0.1) is 23.0 Å². The maximum atomic E-state index is 11.0. The summed E-state index contributed by atoms with van der Waals surface area (Å²) in [6.45, 7) is 4.55. The van der Waals surface area contributed by atoms with Crippen LogP contribution in [0.15, 0.2) is 18.2 Å². The number of nitrogens with zero attached hydrogens (tertiary/aromatic N) is 1. The van der Waals surface area contributed by atoms with Gasteiger partial charge in [-0.25, -0.2) is 0 Å². The number of hydrogen-bond donors (Lipinski definition) is 2. The quantitative estimate of drug-likeness (QED) is 0.641. The molecule has 0 saturated heterocycles. The predicted octanol–water partition coefficient (Wildman–Crippen LogP) is 2.71. The highest BCUT2D eigenvalue weighted by Gasteiger charge is 2.25. The van der Waals surface area contributed by atoms with Gasteiger partial charge in [0.15, 0.2) is 0 Å². The molecule has 1 saturated carbocycles. The van der Waals surface area contributed by atoms with Gasteiger partial charge in [-0.05, 0) is 38.2 Å². The smallest absolute Gasteiger partial charge is 0.272 e. The summed E-state index contributed by atoms with van der Waals surface area (Å²) in [5, 5.41) is 24.2. The summed E-state index contributed by atoms with van der Waals surface area (Å²) in [7, 11) is 0. The van der Waals surface area contributed by atoms with Crippen LogP contribution in [0.5, 0.6) is 0 Å². The number of nitro groups is 1. The van der Waals surface area contributed by atoms with Gasteiger partial charge in [-0.1, -0.05) is 18.6 Å². The number of nitro benzene ring substituents is 1. The van der Waals surface area contributed by atoms with Crippen LogP contribution in [-0.2, 0) is 0 Å². The Morgan fingerprint density at radius 3 is 2.85 bits per heavy atom. The van der Waals surface area contributed by atoms with Gasteiger partial charge in [-0.2, -0.15) is 0 Å². The molecule has 5 heteroatoms. The Labute approximate surface area is 119 Å². The van der Waals surface area contributed by atoms with Crippen molar-refractivity contribution in [3.8, 4) is 0 Å². The third kappa shape index (κ3) is 3.16. The van der Waals surface area contributed by atoms with Gasteiger partial charge in [0.2, 0.25) is 0 Å². The fourth-order valence-corrected chi connectivity index (χ4v) is 3.00. The molecule has 1 aromatic carbocycles. The van der Waals surface area contributed by atoms with Crippen LogP contribution < -0.4 is 5.32 Å². The highest BCUT2D eigenvalue weighted by molar-refractivity contribution is 5.45. The van der Waals surface area contributed by atoms with Gasteiger partial charge in [0.05, 0.1) is 11.0 Å². The zero-order valence-electron chi connectivity index (χ0n) is 12.0. The number of benzene rings is 1. The number of aliphatic hydroxyl groups excluding tert-OH is 1. The molecule has 5 nitrogen and oxygen atoms in total. The second-order valence-electron chi connectivity index (χ2n) is 5.64. The van der Waals surface area contributed by atoms with Gasteiger partial charge in [-0.3, -0.25) is 10.1 Å². The highest BCUT2D eigenvalue weighted by atomic mass is 16.6. The molecule has 2 N–H and O–H groups in total. The third-order valence-electron chi connectivity index (χ3n) is 4.32. The molecule has 1 aliphatic carbocycles. The summed E-state index contributed by atoms with van der Waals surface area (Å²) in [6.07, 6.45) is 2.81. The molecule has 0 aromatic heterocycles. The van der Waals surface area contributed by atoms with Crippen molar-refractivity contribution in [3.05, 3.63) is 39.4 Å². The number of nitrogens with one attached hydrogen (secondary N) is 1. The molecule has 2 rings (SSSR count). The lowest BCUT2D eigenvalue weighted by atomic mass is 9.99. The van der Waals surface area contributed by atoms with Crippen molar-refractivity contribution < 1.29 is 10.0 Å². The SMILES string of the molecule is Cc1c([C@H](C)NC[C@H]2CCC[C@@H]2O)cccc1[N+](=O)[O-]. The van der Waals surface area contributed by atoms with E-state index in [1.165, 1.54) is 6.07 Å². The minimum atomic E-state index is -0.341. The molecule has 0 spiro atoms. The lowest BCUT2D eigenvalue weighted by Crippen LogP contribution is -2.30. The van der Waals surface area contributed by atoms with Crippen LogP contribution >= 0.6 is 0 Å². The Bertz CT molecular complexity index is 490. The number of aliphatic hydroxyl groups is 1. The summed E-state index contributed by atoms with van der Waals surface area (Å²) in [5.41, 5.74) is 1.83. The average molecular weight is 278 g/mol. The van der Waals surface area contributed by atoms with Gasteiger partial charge in [0.25, 0.3) is 5.69 Å². The van der Waals surface area contributed by atoms with Gasteiger partial charge >= 0.3 is 0 Å². The van der Waals surface area contributed by atoms with Crippen molar-refractivity contribution in [3.63, 3.8) is 0 Å². The van der Waals surface area contributed by atoms with Crippen LogP contribution in [-0.4, -0.2) is 22.7 Å². The van der Waals surface area contributed by atoms with Gasteiger partial charge < -0.3 is 10.4 Å². The molecule has 0 bridgehead atoms. The normalized spacial score (nSPS) is 23.8. The van der Waals surface area contributed by atoms with Gasteiger partial charge in [-0.15, -0.1) is 0 Å². The van der Waals surface area contributed by atoms with Gasteiger partial charge in [0, 0.05) is 24.2 Å². The maximum absolute atomic E-state index is 11.0. The largest absolute Gasteiger partial charge is 0.393 e. The first kappa shape index (κ1) is 14.9. The first-order valence-corrected chi connectivity index (χ1v) is 7.16. The van der Waals surface area contributed by atoms with E-state index in [0.29, 0.717) is 11.5 Å². The number of hydrogen-bond acceptors (Lipinski definition) is 4. The fraction of sp³-hybridized carbons (Fsp3) is 0.600. The summed E-state index contributed by atoms with van der Waals surface area (Å²) in [4.78, 5) is 10.6. The monoisotopic (exact) mass is 278 g/mol. The molecule has 3 atom stereocenters. The van der Waals surface area contributed by atoms with E-state index >= 15 is 0 Å². The molecule has 110 valence electrons. The van der Waals surface area contributed by atoms with Crippen LogP contribution in [0.2, 0.25) is 0 Å². The first-order valence-electron chi connectivity index (χ1n) is 7.16. The van der Waals surface area contributed by atoms with E-state index in [4.69, 9.17) is 0 Å².